The molecule has 0 fully saturated rings. The molecule has 0 amide bonds. The van der Waals surface area contributed by atoms with Crippen LogP contribution in [0.1, 0.15) is 0 Å². The van der Waals surface area contributed by atoms with Crippen LogP contribution in [0.2, 0.25) is 6.55 Å². The summed E-state index contributed by atoms with van der Waals surface area (Å²) in [6, 6.07) is 0. The van der Waals surface area contributed by atoms with Crippen LogP contribution in [0.15, 0.2) is 24.6 Å². The monoisotopic (exact) mass is 338 g/mol. The first kappa shape index (κ1) is 12.3. The zero-order valence-corrected chi connectivity index (χ0v) is 10.2. The Bertz CT molecular complexity index is 97.1. The van der Waals surface area contributed by atoms with Crippen LogP contribution < -0.4 is 0 Å². The van der Waals surface area contributed by atoms with Crippen molar-refractivity contribution in [1.29, 1.82) is 0 Å². The SMILES string of the molecule is C=C[Si](C)(C=C)O[SiH2].[Pt]. The Morgan fingerprint density at radius 2 is 1.78 bits per heavy atom. The molecule has 0 atom stereocenters. The van der Waals surface area contributed by atoms with Crippen molar-refractivity contribution < 1.29 is 25.2 Å². The quantitative estimate of drug-likeness (QED) is 0.684. The van der Waals surface area contributed by atoms with Crippen molar-refractivity contribution in [3.05, 3.63) is 24.6 Å². The third-order valence-electron chi connectivity index (χ3n) is 1.12. The summed E-state index contributed by atoms with van der Waals surface area (Å²) in [7, 11) is -0.122. The number of hydrogen-bond acceptors (Lipinski definition) is 1. The summed E-state index contributed by atoms with van der Waals surface area (Å²) in [6.45, 7) is 9.33. The number of rotatable bonds is 3. The second-order valence-electron chi connectivity index (χ2n) is 1.74. The topological polar surface area (TPSA) is 9.23 Å². The predicted octanol–water partition coefficient (Wildman–Crippen LogP) is 0.574. The van der Waals surface area contributed by atoms with Crippen LogP contribution in [0.4, 0.5) is 0 Å². The van der Waals surface area contributed by atoms with E-state index in [2.05, 4.69) is 13.2 Å². The van der Waals surface area contributed by atoms with Crippen LogP contribution in [-0.4, -0.2) is 18.8 Å². The van der Waals surface area contributed by atoms with E-state index < -0.39 is 8.32 Å². The fraction of sp³-hybridized carbons (Fsp3) is 0.200. The van der Waals surface area contributed by atoms with Crippen molar-refractivity contribution in [1.82, 2.24) is 0 Å². The van der Waals surface area contributed by atoms with Gasteiger partial charge >= 0.3 is 0 Å². The first-order valence-electron chi connectivity index (χ1n) is 2.39. The van der Waals surface area contributed by atoms with Crippen LogP contribution >= 0.6 is 0 Å². The molecule has 0 unspecified atom stereocenters. The fourth-order valence-corrected chi connectivity index (χ4v) is 1.31. The molecule has 55 valence electrons. The van der Waals surface area contributed by atoms with Gasteiger partial charge in [-0.2, -0.15) is 0 Å². The van der Waals surface area contributed by atoms with Crippen molar-refractivity contribution in [2.24, 2.45) is 0 Å². The second-order valence-corrected chi connectivity index (χ2v) is 6.08. The van der Waals surface area contributed by atoms with Gasteiger partial charge in [0.25, 0.3) is 0 Å². The normalized spacial score (nSPS) is 9.56. The van der Waals surface area contributed by atoms with Gasteiger partial charge in [0, 0.05) is 21.1 Å². The average molecular weight is 338 g/mol. The Morgan fingerprint density at radius 3 is 1.78 bits per heavy atom. The summed E-state index contributed by atoms with van der Waals surface area (Å²) in [5.74, 6) is 0. The zero-order valence-electron chi connectivity index (χ0n) is 5.50. The van der Waals surface area contributed by atoms with Gasteiger partial charge < -0.3 is 4.12 Å². The first-order chi connectivity index (χ1) is 3.68. The minimum Gasteiger partial charge on any atom is -0.455 e. The van der Waals surface area contributed by atoms with Crippen LogP contribution in [0.5, 0.6) is 0 Å². The van der Waals surface area contributed by atoms with Crippen LogP contribution in [-0.2, 0) is 25.2 Å². The summed E-state index contributed by atoms with van der Waals surface area (Å²) in [4.78, 5) is 0. The maximum Gasteiger partial charge on any atom is 0.225 e. The number of hydrogen-bond donors (Lipinski definition) is 0. The van der Waals surface area contributed by atoms with Crippen LogP contribution in [0.25, 0.3) is 0 Å². The molecule has 0 aliphatic heterocycles. The van der Waals surface area contributed by atoms with Gasteiger partial charge in [-0.05, 0) is 6.55 Å². The Balaban J connectivity index is 0. The van der Waals surface area contributed by atoms with Crippen molar-refractivity contribution >= 4 is 18.8 Å². The van der Waals surface area contributed by atoms with Crippen LogP contribution in [0, 0.1) is 0 Å². The van der Waals surface area contributed by atoms with E-state index in [1.54, 1.807) is 0 Å². The molecular weight excluding hydrogens is 327 g/mol. The van der Waals surface area contributed by atoms with Gasteiger partial charge in [-0.3, -0.25) is 0 Å². The molecule has 0 heterocycles. The van der Waals surface area contributed by atoms with E-state index >= 15 is 0 Å². The smallest absolute Gasteiger partial charge is 0.225 e. The van der Waals surface area contributed by atoms with E-state index in [0.717, 1.165) is 0 Å². The molecule has 0 aromatic heterocycles. The van der Waals surface area contributed by atoms with Gasteiger partial charge in [0.05, 0.1) is 0 Å². The summed E-state index contributed by atoms with van der Waals surface area (Å²) in [5, 5.41) is 0. The average Bonchev–Trinajstić information content (AvgIpc) is 1.87. The van der Waals surface area contributed by atoms with Gasteiger partial charge in [-0.1, -0.05) is 11.4 Å². The molecule has 0 saturated carbocycles. The molecule has 9 heavy (non-hydrogen) atoms. The zero-order chi connectivity index (χ0) is 6.62. The van der Waals surface area contributed by atoms with E-state index in [4.69, 9.17) is 4.12 Å². The van der Waals surface area contributed by atoms with E-state index in [1.807, 2.05) is 17.9 Å². The molecule has 0 bridgehead atoms. The molecule has 0 aromatic carbocycles. The van der Waals surface area contributed by atoms with Gasteiger partial charge in [-0.25, -0.2) is 0 Å². The summed E-state index contributed by atoms with van der Waals surface area (Å²) >= 11 is 0. The van der Waals surface area contributed by atoms with Crippen molar-refractivity contribution in [3.8, 4) is 0 Å². The Labute approximate surface area is 75.1 Å². The Morgan fingerprint density at radius 1 is 1.44 bits per heavy atom. The summed E-state index contributed by atoms with van der Waals surface area (Å²) < 4.78 is 5.17. The van der Waals surface area contributed by atoms with Crippen molar-refractivity contribution in [2.75, 3.05) is 0 Å². The maximum atomic E-state index is 5.17. The van der Waals surface area contributed by atoms with Gasteiger partial charge in [0.15, 0.2) is 10.5 Å². The molecule has 0 spiro atoms. The molecule has 0 rings (SSSR count). The van der Waals surface area contributed by atoms with E-state index in [1.165, 1.54) is 10.5 Å². The second kappa shape index (κ2) is 5.35. The van der Waals surface area contributed by atoms with E-state index in [0.29, 0.717) is 0 Å². The van der Waals surface area contributed by atoms with Crippen LogP contribution in [0.3, 0.4) is 0 Å². The van der Waals surface area contributed by atoms with E-state index in [9.17, 15) is 0 Å². The van der Waals surface area contributed by atoms with Crippen molar-refractivity contribution in [2.45, 2.75) is 6.55 Å². The largest absolute Gasteiger partial charge is 0.455 e. The van der Waals surface area contributed by atoms with Crippen molar-refractivity contribution in [3.63, 3.8) is 0 Å². The minimum absolute atomic E-state index is 0. The Hall–Kier alpha value is 0.562. The molecule has 1 nitrogen and oxygen atoms in total. The molecule has 0 aromatic rings. The third-order valence-corrected chi connectivity index (χ3v) is 5.23. The minimum atomic E-state index is -1.63. The third kappa shape index (κ3) is 4.03. The molecule has 0 saturated heterocycles. The predicted molar refractivity (Wildman–Crippen MR) is 41.6 cm³/mol. The molecule has 0 N–H and O–H groups in total. The summed E-state index contributed by atoms with van der Waals surface area (Å²) in [5.41, 5.74) is 3.71. The fourth-order valence-electron chi connectivity index (χ4n) is 0.201. The first-order valence-corrected chi connectivity index (χ1v) is 5.53. The molecular formula is C5H11OPtSi2. The molecule has 4 heteroatoms. The van der Waals surface area contributed by atoms with E-state index in [-0.39, 0.29) is 21.1 Å². The molecule has 0 aliphatic carbocycles. The van der Waals surface area contributed by atoms with Gasteiger partial charge in [-0.15, -0.1) is 13.2 Å². The molecule has 0 aliphatic rings. The Kier molecular flexibility index (Phi) is 7.29. The summed E-state index contributed by atoms with van der Waals surface area (Å²) in [6.07, 6.45) is 0. The standard InChI is InChI=1S/C5H11OSi2.Pt/c1-4-8(3,5-2)6-7;/h4-5H,1-2,7H2,3H3;. The maximum absolute atomic E-state index is 5.17. The van der Waals surface area contributed by atoms with Gasteiger partial charge in [0.1, 0.15) is 0 Å². The van der Waals surface area contributed by atoms with Gasteiger partial charge in [0.2, 0.25) is 8.32 Å². The molecule has 1 radical (unpaired) electrons.